The summed E-state index contributed by atoms with van der Waals surface area (Å²) in [5.74, 6) is 0. The summed E-state index contributed by atoms with van der Waals surface area (Å²) in [5, 5.41) is 0. The predicted octanol–water partition coefficient (Wildman–Crippen LogP) is 13.4. The molecule has 0 N–H and O–H groups in total. The molecule has 3 heteroatoms. The molecule has 0 unspecified atom stereocenters. The Labute approximate surface area is 291 Å². The van der Waals surface area contributed by atoms with Gasteiger partial charge in [0.15, 0.2) is 0 Å². The molecule has 0 spiro atoms. The Balaban J connectivity index is 1.15. The lowest BCUT2D eigenvalue weighted by Gasteiger charge is -2.30. The van der Waals surface area contributed by atoms with Crippen LogP contribution in [-0.4, -0.2) is 0 Å². The zero-order valence-corrected chi connectivity index (χ0v) is 28.5. The van der Waals surface area contributed by atoms with Crippen LogP contribution in [0, 0.1) is 0 Å². The zero-order chi connectivity index (χ0) is 32.2. The molecule has 1 heterocycles. The van der Waals surface area contributed by atoms with Gasteiger partial charge in [0, 0.05) is 42.1 Å². The smallest absolute Gasteiger partial charge is 0.0465 e. The van der Waals surface area contributed by atoms with Crippen LogP contribution < -0.4 is 4.90 Å². The third-order valence-electron chi connectivity index (χ3n) is 9.72. The molecular weight excluding hydrogens is 619 g/mol. The fourth-order valence-electron chi connectivity index (χ4n) is 7.31. The van der Waals surface area contributed by atoms with Crippen molar-refractivity contribution in [3.05, 3.63) is 175 Å². The van der Waals surface area contributed by atoms with E-state index >= 15 is 0 Å². The summed E-state index contributed by atoms with van der Waals surface area (Å²) in [6, 6.07) is 59.7. The first-order valence-corrected chi connectivity index (χ1v) is 18.1. The highest BCUT2D eigenvalue weighted by atomic mass is 32.2. The van der Waals surface area contributed by atoms with E-state index in [0.717, 1.165) is 17.1 Å². The van der Waals surface area contributed by atoms with Crippen molar-refractivity contribution in [2.45, 2.75) is 38.8 Å². The second kappa shape index (κ2) is 11.6. The third-order valence-corrected chi connectivity index (χ3v) is 12.3. The summed E-state index contributed by atoms with van der Waals surface area (Å²) in [7, 11) is 0. The lowest BCUT2D eigenvalue weighted by Crippen LogP contribution is -2.18. The maximum atomic E-state index is 2.44. The van der Waals surface area contributed by atoms with Crippen molar-refractivity contribution >= 4 is 40.6 Å². The van der Waals surface area contributed by atoms with Gasteiger partial charge in [0.1, 0.15) is 0 Å². The number of hydrogen-bond acceptors (Lipinski definition) is 3. The lowest BCUT2D eigenvalue weighted by atomic mass is 9.82. The van der Waals surface area contributed by atoms with Crippen LogP contribution in [0.25, 0.3) is 33.4 Å². The normalized spacial score (nSPS) is 13.6. The average Bonchev–Trinajstić information content (AvgIpc) is 3.38. The van der Waals surface area contributed by atoms with Crippen molar-refractivity contribution in [2.75, 3.05) is 4.90 Å². The van der Waals surface area contributed by atoms with Crippen molar-refractivity contribution in [3.8, 4) is 33.4 Å². The van der Waals surface area contributed by atoms with Gasteiger partial charge in [-0.3, -0.25) is 0 Å². The highest BCUT2D eigenvalue weighted by molar-refractivity contribution is 8.05. The van der Waals surface area contributed by atoms with Gasteiger partial charge in [0.2, 0.25) is 0 Å². The Morgan fingerprint density at radius 2 is 0.896 bits per heavy atom. The van der Waals surface area contributed by atoms with Gasteiger partial charge in [-0.1, -0.05) is 147 Å². The van der Waals surface area contributed by atoms with Crippen LogP contribution in [0.3, 0.4) is 0 Å². The summed E-state index contributed by atoms with van der Waals surface area (Å²) in [6.45, 7) is 4.81. The van der Waals surface area contributed by atoms with Crippen molar-refractivity contribution in [2.24, 2.45) is 0 Å². The standard InChI is InChI=1S/C45H33NS2/c1-45(2)39-29-36(25-26-37(39)38-27-28-42-44(43(38)45)48-41-16-10-9-15-40(41)47-42)46(34-21-17-32(18-22-34)30-11-5-3-6-12-30)35-23-19-33(20-24-35)31-13-7-4-8-14-31/h3-29H,1-2H3. The lowest BCUT2D eigenvalue weighted by molar-refractivity contribution is 0.642. The first-order chi connectivity index (χ1) is 23.5. The highest BCUT2D eigenvalue weighted by Crippen LogP contribution is 2.59. The van der Waals surface area contributed by atoms with E-state index < -0.39 is 0 Å². The monoisotopic (exact) mass is 651 g/mol. The first-order valence-electron chi connectivity index (χ1n) is 16.4. The van der Waals surface area contributed by atoms with Crippen LogP contribution in [0.2, 0.25) is 0 Å². The van der Waals surface area contributed by atoms with Crippen molar-refractivity contribution in [1.82, 2.24) is 0 Å². The molecule has 1 aliphatic heterocycles. The Morgan fingerprint density at radius 3 is 1.48 bits per heavy atom. The molecule has 48 heavy (non-hydrogen) atoms. The summed E-state index contributed by atoms with van der Waals surface area (Å²) >= 11 is 3.83. The second-order valence-corrected chi connectivity index (χ2v) is 15.1. The molecule has 7 aromatic carbocycles. The Hall–Kier alpha value is -4.96. The van der Waals surface area contributed by atoms with Gasteiger partial charge in [0.25, 0.3) is 0 Å². The van der Waals surface area contributed by atoms with Crippen LogP contribution >= 0.6 is 23.5 Å². The number of hydrogen-bond donors (Lipinski definition) is 0. The first kappa shape index (κ1) is 29.2. The largest absolute Gasteiger partial charge is 0.310 e. The van der Waals surface area contributed by atoms with Gasteiger partial charge in [-0.05, 0) is 99.1 Å². The maximum Gasteiger partial charge on any atom is 0.0465 e. The number of anilines is 3. The molecular formula is C45H33NS2. The zero-order valence-electron chi connectivity index (χ0n) is 26.9. The van der Waals surface area contributed by atoms with Gasteiger partial charge < -0.3 is 4.90 Å². The third kappa shape index (κ3) is 4.89. The Morgan fingerprint density at radius 1 is 0.417 bits per heavy atom. The molecule has 0 radical (unpaired) electrons. The van der Waals surface area contributed by atoms with Gasteiger partial charge in [-0.15, -0.1) is 0 Å². The molecule has 9 rings (SSSR count). The average molecular weight is 652 g/mol. The van der Waals surface area contributed by atoms with Crippen LogP contribution in [0.15, 0.2) is 183 Å². The van der Waals surface area contributed by atoms with Crippen molar-refractivity contribution in [1.29, 1.82) is 0 Å². The van der Waals surface area contributed by atoms with E-state index in [-0.39, 0.29) is 5.41 Å². The Bertz CT molecular complexity index is 2210. The number of rotatable bonds is 5. The predicted molar refractivity (Wildman–Crippen MR) is 204 cm³/mol. The summed E-state index contributed by atoms with van der Waals surface area (Å²) < 4.78 is 0. The second-order valence-electron chi connectivity index (χ2n) is 13.0. The Kier molecular flexibility index (Phi) is 7.07. The quantitative estimate of drug-likeness (QED) is 0.182. The molecule has 7 aromatic rings. The minimum absolute atomic E-state index is 0.147. The van der Waals surface area contributed by atoms with Crippen LogP contribution in [0.4, 0.5) is 17.1 Å². The molecule has 0 fully saturated rings. The summed E-state index contributed by atoms with van der Waals surface area (Å²) in [6.07, 6.45) is 0. The molecule has 0 atom stereocenters. The minimum Gasteiger partial charge on any atom is -0.310 e. The number of benzene rings is 7. The van der Waals surface area contributed by atoms with E-state index in [1.54, 1.807) is 0 Å². The molecule has 0 saturated heterocycles. The van der Waals surface area contributed by atoms with Crippen LogP contribution in [-0.2, 0) is 5.41 Å². The van der Waals surface area contributed by atoms with Gasteiger partial charge in [0.05, 0.1) is 0 Å². The van der Waals surface area contributed by atoms with E-state index in [9.17, 15) is 0 Å². The molecule has 1 nitrogen and oxygen atoms in total. The molecule has 230 valence electrons. The molecule has 0 amide bonds. The van der Waals surface area contributed by atoms with E-state index in [0.29, 0.717) is 0 Å². The summed E-state index contributed by atoms with van der Waals surface area (Å²) in [5.41, 5.74) is 13.7. The topological polar surface area (TPSA) is 3.24 Å². The molecule has 0 aromatic heterocycles. The molecule has 0 saturated carbocycles. The highest BCUT2D eigenvalue weighted by Gasteiger charge is 2.40. The fraction of sp³-hybridized carbons (Fsp3) is 0.0667. The minimum atomic E-state index is -0.147. The fourth-order valence-corrected chi connectivity index (χ4v) is 9.86. The van der Waals surface area contributed by atoms with Crippen LogP contribution in [0.5, 0.6) is 0 Å². The molecule has 2 aliphatic rings. The van der Waals surface area contributed by atoms with E-state index in [1.807, 2.05) is 23.5 Å². The van der Waals surface area contributed by atoms with Crippen molar-refractivity contribution < 1.29 is 0 Å². The number of nitrogens with zero attached hydrogens (tertiary/aromatic N) is 1. The van der Waals surface area contributed by atoms with Crippen molar-refractivity contribution in [3.63, 3.8) is 0 Å². The van der Waals surface area contributed by atoms with Gasteiger partial charge in [-0.2, -0.15) is 0 Å². The van der Waals surface area contributed by atoms with Gasteiger partial charge >= 0.3 is 0 Å². The summed E-state index contributed by atoms with van der Waals surface area (Å²) in [4.78, 5) is 7.86. The van der Waals surface area contributed by atoms with E-state index in [1.165, 1.54) is 64.1 Å². The van der Waals surface area contributed by atoms with E-state index in [4.69, 9.17) is 0 Å². The number of fused-ring (bicyclic) bond motifs is 6. The van der Waals surface area contributed by atoms with E-state index in [2.05, 4.69) is 183 Å². The molecule has 1 aliphatic carbocycles. The van der Waals surface area contributed by atoms with Crippen LogP contribution in [0.1, 0.15) is 25.0 Å². The SMILES string of the molecule is CC1(C)c2cc(N(c3ccc(-c4ccccc4)cc3)c3ccc(-c4ccccc4)cc3)ccc2-c2ccc3c(c21)Sc1ccccc1S3. The molecule has 0 bridgehead atoms. The van der Waals surface area contributed by atoms with Gasteiger partial charge in [-0.25, -0.2) is 0 Å². The maximum absolute atomic E-state index is 2.44.